The molecule has 1 aromatic carbocycles. The molecule has 1 aromatic heterocycles. The molecule has 3 saturated heterocycles. The van der Waals surface area contributed by atoms with E-state index in [-0.39, 0.29) is 36.2 Å². The van der Waals surface area contributed by atoms with E-state index in [1.54, 1.807) is 28.4 Å². The second-order valence-electron chi connectivity index (χ2n) is 12.0. The molecule has 9 nitrogen and oxygen atoms in total. The Morgan fingerprint density at radius 2 is 1.85 bits per heavy atom. The van der Waals surface area contributed by atoms with Crippen LogP contribution in [0.25, 0.3) is 11.3 Å². The average molecular weight is 568 g/mol. The summed E-state index contributed by atoms with van der Waals surface area (Å²) >= 11 is 1.64. The van der Waals surface area contributed by atoms with Crippen molar-refractivity contribution in [1.82, 2.24) is 20.1 Å². The van der Waals surface area contributed by atoms with Crippen LogP contribution in [-0.2, 0) is 14.3 Å². The molecule has 2 aromatic rings. The summed E-state index contributed by atoms with van der Waals surface area (Å²) in [6.07, 6.45) is 1.26. The number of likely N-dealkylation sites (tertiary alicyclic amines) is 1. The topological polar surface area (TPSA) is 95.1 Å². The first kappa shape index (κ1) is 28.7. The number of hydrogen-bond acceptors (Lipinski definition) is 8. The fourth-order valence-electron chi connectivity index (χ4n) is 5.85. The molecule has 40 heavy (non-hydrogen) atoms. The highest BCUT2D eigenvalue weighted by atomic mass is 32.1. The van der Waals surface area contributed by atoms with E-state index < -0.39 is 17.5 Å². The average Bonchev–Trinajstić information content (AvgIpc) is 3.69. The van der Waals surface area contributed by atoms with E-state index in [1.807, 2.05) is 32.9 Å². The SMILES string of the molecule is CC[C@H]1CN(C(=O)C(NC(=O)c2ccc(-c3csc(N4CCN(C)CC4)n3)cc2)C(C)(C)CC)[C@@H]2C(=O)CO[C@H]12. The van der Waals surface area contributed by atoms with Crippen LogP contribution < -0.4 is 10.2 Å². The molecule has 1 unspecified atom stereocenters. The summed E-state index contributed by atoms with van der Waals surface area (Å²) in [6, 6.07) is 6.06. The molecule has 0 spiro atoms. The van der Waals surface area contributed by atoms with Crippen molar-refractivity contribution >= 4 is 34.1 Å². The molecule has 2 amide bonds. The summed E-state index contributed by atoms with van der Waals surface area (Å²) in [7, 11) is 2.14. The predicted molar refractivity (Wildman–Crippen MR) is 157 cm³/mol. The van der Waals surface area contributed by atoms with Crippen LogP contribution in [0, 0.1) is 11.3 Å². The van der Waals surface area contributed by atoms with Crippen molar-refractivity contribution in [2.45, 2.75) is 58.7 Å². The number of benzene rings is 1. The maximum atomic E-state index is 13.9. The van der Waals surface area contributed by atoms with Crippen LogP contribution in [0.2, 0.25) is 0 Å². The fraction of sp³-hybridized carbons (Fsp3) is 0.600. The second-order valence-corrected chi connectivity index (χ2v) is 12.8. The number of nitrogens with zero attached hydrogens (tertiary/aromatic N) is 4. The minimum atomic E-state index is -0.765. The maximum absolute atomic E-state index is 13.9. The van der Waals surface area contributed by atoms with Crippen LogP contribution in [0.5, 0.6) is 0 Å². The number of rotatable bonds is 8. The molecule has 1 N–H and O–H groups in total. The van der Waals surface area contributed by atoms with Gasteiger partial charge in [0.05, 0.1) is 11.8 Å². The van der Waals surface area contributed by atoms with Crippen molar-refractivity contribution < 1.29 is 19.1 Å². The molecule has 3 aliphatic rings. The molecular formula is C30H41N5O4S. The first-order chi connectivity index (χ1) is 19.1. The van der Waals surface area contributed by atoms with E-state index in [0.29, 0.717) is 18.5 Å². The minimum absolute atomic E-state index is 0.0476. The van der Waals surface area contributed by atoms with Crippen LogP contribution in [0.3, 0.4) is 0 Å². The Labute approximate surface area is 240 Å². The Balaban J connectivity index is 1.30. The van der Waals surface area contributed by atoms with Crippen molar-refractivity contribution in [3.05, 3.63) is 35.2 Å². The third-order valence-electron chi connectivity index (χ3n) is 9.02. The van der Waals surface area contributed by atoms with Crippen molar-refractivity contribution in [3.8, 4) is 11.3 Å². The zero-order chi connectivity index (χ0) is 28.6. The Hall–Kier alpha value is -2.82. The summed E-state index contributed by atoms with van der Waals surface area (Å²) in [5, 5.41) is 6.11. The summed E-state index contributed by atoms with van der Waals surface area (Å²) in [5.74, 6) is -0.446. The third kappa shape index (κ3) is 5.53. The lowest BCUT2D eigenvalue weighted by Crippen LogP contribution is -2.57. The molecule has 4 heterocycles. The van der Waals surface area contributed by atoms with Gasteiger partial charge in [-0.1, -0.05) is 39.8 Å². The van der Waals surface area contributed by atoms with Crippen molar-refractivity contribution in [2.24, 2.45) is 11.3 Å². The monoisotopic (exact) mass is 567 g/mol. The molecule has 0 saturated carbocycles. The molecule has 0 bridgehead atoms. The quantitative estimate of drug-likeness (QED) is 0.523. The zero-order valence-corrected chi connectivity index (χ0v) is 25.0. The Morgan fingerprint density at radius 1 is 1.15 bits per heavy atom. The number of likely N-dealkylation sites (N-methyl/N-ethyl adjacent to an activating group) is 1. The van der Waals surface area contributed by atoms with E-state index in [0.717, 1.165) is 49.0 Å². The van der Waals surface area contributed by atoms with Gasteiger partial charge in [-0.3, -0.25) is 14.4 Å². The summed E-state index contributed by atoms with van der Waals surface area (Å²) in [5.41, 5.74) is 1.82. The number of ether oxygens (including phenoxy) is 1. The van der Waals surface area contributed by atoms with Gasteiger partial charge in [0, 0.05) is 55.1 Å². The van der Waals surface area contributed by atoms with E-state index in [9.17, 15) is 14.4 Å². The molecule has 216 valence electrons. The van der Waals surface area contributed by atoms with E-state index in [2.05, 4.69) is 34.5 Å². The van der Waals surface area contributed by atoms with Crippen LogP contribution in [0.1, 0.15) is 50.9 Å². The van der Waals surface area contributed by atoms with E-state index in [4.69, 9.17) is 9.72 Å². The number of anilines is 1. The van der Waals surface area contributed by atoms with Crippen molar-refractivity contribution in [1.29, 1.82) is 0 Å². The Morgan fingerprint density at radius 3 is 2.50 bits per heavy atom. The molecule has 4 atom stereocenters. The van der Waals surface area contributed by atoms with Gasteiger partial charge in [-0.05, 0) is 37.4 Å². The molecule has 0 radical (unpaired) electrons. The van der Waals surface area contributed by atoms with Gasteiger partial charge in [-0.15, -0.1) is 11.3 Å². The zero-order valence-electron chi connectivity index (χ0n) is 24.2. The Kier molecular flexibility index (Phi) is 8.31. The van der Waals surface area contributed by atoms with E-state index in [1.165, 1.54) is 0 Å². The fourth-order valence-corrected chi connectivity index (χ4v) is 6.74. The van der Waals surface area contributed by atoms with Crippen LogP contribution >= 0.6 is 11.3 Å². The van der Waals surface area contributed by atoms with Crippen LogP contribution in [0.4, 0.5) is 5.13 Å². The second kappa shape index (κ2) is 11.6. The van der Waals surface area contributed by atoms with Crippen molar-refractivity contribution in [3.63, 3.8) is 0 Å². The number of thiazole rings is 1. The van der Waals surface area contributed by atoms with Gasteiger partial charge in [0.1, 0.15) is 18.7 Å². The lowest BCUT2D eigenvalue weighted by molar-refractivity contribution is -0.140. The number of carbonyl (C=O) groups excluding carboxylic acids is 3. The highest BCUT2D eigenvalue weighted by Crippen LogP contribution is 2.36. The number of piperazine rings is 1. The molecule has 3 fully saturated rings. The summed E-state index contributed by atoms with van der Waals surface area (Å²) < 4.78 is 5.76. The van der Waals surface area contributed by atoms with Gasteiger partial charge in [0.15, 0.2) is 10.9 Å². The number of amides is 2. The highest BCUT2D eigenvalue weighted by molar-refractivity contribution is 7.14. The lowest BCUT2D eigenvalue weighted by Gasteiger charge is -2.36. The molecule has 3 aliphatic heterocycles. The number of aromatic nitrogens is 1. The minimum Gasteiger partial charge on any atom is -0.367 e. The van der Waals surface area contributed by atoms with Gasteiger partial charge in [0.2, 0.25) is 5.91 Å². The van der Waals surface area contributed by atoms with Gasteiger partial charge in [-0.25, -0.2) is 4.98 Å². The largest absolute Gasteiger partial charge is 0.367 e. The molecule has 5 rings (SSSR count). The van der Waals surface area contributed by atoms with Gasteiger partial charge >= 0.3 is 0 Å². The third-order valence-corrected chi connectivity index (χ3v) is 9.92. The highest BCUT2D eigenvalue weighted by Gasteiger charge is 2.53. The van der Waals surface area contributed by atoms with Gasteiger partial charge < -0.3 is 24.8 Å². The predicted octanol–water partition coefficient (Wildman–Crippen LogP) is 3.30. The van der Waals surface area contributed by atoms with Crippen molar-refractivity contribution in [2.75, 3.05) is 51.3 Å². The number of ketones is 1. The molecular weight excluding hydrogens is 526 g/mol. The Bertz CT molecular complexity index is 1240. The van der Waals surface area contributed by atoms with Gasteiger partial charge in [-0.2, -0.15) is 0 Å². The number of fused-ring (bicyclic) bond motifs is 1. The standard InChI is InChI=1S/C30H41N5O4S/c1-6-19-16-35(24-23(36)17-39-25(19)24)28(38)26(30(3,4)7-2)32-27(37)21-10-8-20(9-11-21)22-18-40-29(31-22)34-14-12-33(5)13-15-34/h8-11,18-19,24-26H,6-7,12-17H2,1-5H3,(H,32,37)/t19-,24+,25+,26?/m0/s1. The van der Waals surface area contributed by atoms with Gasteiger partial charge in [0.25, 0.3) is 5.91 Å². The number of nitrogens with one attached hydrogen (secondary N) is 1. The summed E-state index contributed by atoms with van der Waals surface area (Å²) in [6.45, 7) is 12.5. The molecule has 0 aliphatic carbocycles. The number of hydrogen-bond donors (Lipinski definition) is 1. The smallest absolute Gasteiger partial charge is 0.251 e. The van der Waals surface area contributed by atoms with Crippen LogP contribution in [-0.4, -0.2) is 96.9 Å². The normalized spacial score (nSPS) is 24.3. The molecule has 10 heteroatoms. The first-order valence-electron chi connectivity index (χ1n) is 14.4. The lowest BCUT2D eigenvalue weighted by atomic mass is 9.80. The summed E-state index contributed by atoms with van der Waals surface area (Å²) in [4.78, 5) is 51.2. The first-order valence-corrected chi connectivity index (χ1v) is 15.3. The van der Waals surface area contributed by atoms with E-state index >= 15 is 0 Å². The number of carbonyl (C=O) groups is 3. The number of Topliss-reactive ketones (excluding diaryl/α,β-unsaturated/α-hetero) is 1. The van der Waals surface area contributed by atoms with Crippen LogP contribution in [0.15, 0.2) is 29.6 Å². The maximum Gasteiger partial charge on any atom is 0.251 e.